The van der Waals surface area contributed by atoms with Gasteiger partial charge in [-0.3, -0.25) is 4.79 Å². The molecule has 1 heterocycles. The molecule has 0 spiro atoms. The average molecular weight is 276 g/mol. The Bertz CT molecular complexity index is 462. The second-order valence-electron chi connectivity index (χ2n) is 5.48. The lowest BCUT2D eigenvalue weighted by molar-refractivity contribution is 0.0809. The van der Waals surface area contributed by atoms with E-state index >= 15 is 0 Å². The van der Waals surface area contributed by atoms with Crippen molar-refractivity contribution in [3.05, 3.63) is 29.8 Å². The number of rotatable bonds is 5. The van der Waals surface area contributed by atoms with Gasteiger partial charge in [0.15, 0.2) is 5.78 Å². The van der Waals surface area contributed by atoms with Crippen LogP contribution >= 0.6 is 0 Å². The summed E-state index contributed by atoms with van der Waals surface area (Å²) in [6.07, 6.45) is 0.566. The summed E-state index contributed by atoms with van der Waals surface area (Å²) in [4.78, 5) is 17.0. The summed E-state index contributed by atoms with van der Waals surface area (Å²) in [7, 11) is 4.21. The first-order valence-electron chi connectivity index (χ1n) is 7.25. The van der Waals surface area contributed by atoms with Crippen molar-refractivity contribution >= 4 is 5.78 Å². The van der Waals surface area contributed by atoms with Crippen molar-refractivity contribution in [2.75, 3.05) is 40.3 Å². The first kappa shape index (κ1) is 15.0. The van der Waals surface area contributed by atoms with E-state index in [0.29, 0.717) is 19.1 Å². The van der Waals surface area contributed by atoms with Crippen LogP contribution in [0.3, 0.4) is 0 Å². The molecule has 1 atom stereocenters. The molecule has 0 saturated carbocycles. The van der Waals surface area contributed by atoms with Crippen LogP contribution in [0.5, 0.6) is 5.75 Å². The van der Waals surface area contributed by atoms with Gasteiger partial charge in [-0.2, -0.15) is 0 Å². The van der Waals surface area contributed by atoms with E-state index in [9.17, 15) is 4.79 Å². The molecule has 4 heteroatoms. The highest BCUT2D eigenvalue weighted by atomic mass is 16.5. The molecule has 0 radical (unpaired) electrons. The SMILES string of the molecule is CCOc1cccc(C(=O)CC2CN(C)CCN2C)c1. The summed E-state index contributed by atoms with van der Waals surface area (Å²) >= 11 is 0. The number of carbonyl (C=O) groups is 1. The number of ether oxygens (including phenoxy) is 1. The molecule has 1 unspecified atom stereocenters. The molecule has 0 bridgehead atoms. The molecule has 1 aliphatic rings. The fourth-order valence-electron chi connectivity index (χ4n) is 2.58. The normalized spacial score (nSPS) is 20.9. The van der Waals surface area contributed by atoms with Crippen LogP contribution in [0.1, 0.15) is 23.7 Å². The van der Waals surface area contributed by atoms with E-state index in [1.807, 2.05) is 31.2 Å². The quantitative estimate of drug-likeness (QED) is 0.769. The predicted molar refractivity (Wildman–Crippen MR) is 80.5 cm³/mol. The minimum absolute atomic E-state index is 0.193. The molecule has 4 nitrogen and oxygen atoms in total. The highest BCUT2D eigenvalue weighted by Gasteiger charge is 2.24. The molecule has 0 amide bonds. The van der Waals surface area contributed by atoms with Gasteiger partial charge in [0, 0.05) is 37.7 Å². The number of hydrogen-bond donors (Lipinski definition) is 0. The maximum atomic E-state index is 12.4. The molecule has 0 aromatic heterocycles. The lowest BCUT2D eigenvalue weighted by Crippen LogP contribution is -2.50. The van der Waals surface area contributed by atoms with Crippen LogP contribution in [0.25, 0.3) is 0 Å². The standard InChI is InChI=1S/C16H24N2O2/c1-4-20-15-7-5-6-13(10-15)16(19)11-14-12-17(2)8-9-18(14)3/h5-7,10,14H,4,8-9,11-12H2,1-3H3. The summed E-state index contributed by atoms with van der Waals surface area (Å²) in [5.74, 6) is 0.964. The predicted octanol–water partition coefficient (Wildman–Crippen LogP) is 1.90. The Hall–Kier alpha value is -1.39. The fraction of sp³-hybridized carbons (Fsp3) is 0.562. The largest absolute Gasteiger partial charge is 0.494 e. The van der Waals surface area contributed by atoms with Crippen molar-refractivity contribution < 1.29 is 9.53 Å². The Morgan fingerprint density at radius 1 is 1.35 bits per heavy atom. The second kappa shape index (κ2) is 6.86. The molecular weight excluding hydrogens is 252 g/mol. The van der Waals surface area contributed by atoms with E-state index in [1.165, 1.54) is 0 Å². The fourth-order valence-corrected chi connectivity index (χ4v) is 2.58. The van der Waals surface area contributed by atoms with E-state index in [1.54, 1.807) is 0 Å². The molecule has 1 fully saturated rings. The zero-order valence-electron chi connectivity index (χ0n) is 12.6. The van der Waals surface area contributed by atoms with E-state index in [2.05, 4.69) is 23.9 Å². The van der Waals surface area contributed by atoms with Gasteiger partial charge < -0.3 is 14.5 Å². The molecular formula is C16H24N2O2. The number of likely N-dealkylation sites (N-methyl/N-ethyl adjacent to an activating group) is 2. The van der Waals surface area contributed by atoms with E-state index < -0.39 is 0 Å². The number of carbonyl (C=O) groups excluding carboxylic acids is 1. The van der Waals surface area contributed by atoms with Crippen LogP contribution in [-0.4, -0.2) is 62.0 Å². The summed E-state index contributed by atoms with van der Waals surface area (Å²) < 4.78 is 5.45. The van der Waals surface area contributed by atoms with E-state index in [0.717, 1.165) is 30.9 Å². The van der Waals surface area contributed by atoms with Gasteiger partial charge in [0.25, 0.3) is 0 Å². The average Bonchev–Trinajstić information content (AvgIpc) is 2.43. The second-order valence-corrected chi connectivity index (χ2v) is 5.48. The Morgan fingerprint density at radius 2 is 2.15 bits per heavy atom. The maximum Gasteiger partial charge on any atom is 0.164 e. The Labute approximate surface area is 121 Å². The lowest BCUT2D eigenvalue weighted by atomic mass is 10.0. The topological polar surface area (TPSA) is 32.8 Å². The minimum atomic E-state index is 0.193. The molecule has 0 aliphatic carbocycles. The smallest absolute Gasteiger partial charge is 0.164 e. The van der Waals surface area contributed by atoms with E-state index in [4.69, 9.17) is 4.74 Å². The van der Waals surface area contributed by atoms with Crippen molar-refractivity contribution in [3.63, 3.8) is 0 Å². The Kier molecular flexibility index (Phi) is 5.15. The minimum Gasteiger partial charge on any atom is -0.494 e. The zero-order valence-corrected chi connectivity index (χ0v) is 12.6. The summed E-state index contributed by atoms with van der Waals surface area (Å²) in [5.41, 5.74) is 0.748. The lowest BCUT2D eigenvalue weighted by Gasteiger charge is -2.37. The van der Waals surface area contributed by atoms with Crippen molar-refractivity contribution in [1.29, 1.82) is 0 Å². The van der Waals surface area contributed by atoms with Gasteiger partial charge in [0.05, 0.1) is 6.61 Å². The first-order valence-corrected chi connectivity index (χ1v) is 7.25. The van der Waals surface area contributed by atoms with Gasteiger partial charge in [0.2, 0.25) is 0 Å². The molecule has 1 saturated heterocycles. The maximum absolute atomic E-state index is 12.4. The van der Waals surface area contributed by atoms with Crippen LogP contribution < -0.4 is 4.74 Å². The van der Waals surface area contributed by atoms with Gasteiger partial charge in [-0.15, -0.1) is 0 Å². The monoisotopic (exact) mass is 276 g/mol. The zero-order chi connectivity index (χ0) is 14.5. The van der Waals surface area contributed by atoms with Crippen LogP contribution in [0.4, 0.5) is 0 Å². The first-order chi connectivity index (χ1) is 9.60. The van der Waals surface area contributed by atoms with Gasteiger partial charge in [-0.05, 0) is 33.2 Å². The number of hydrogen-bond acceptors (Lipinski definition) is 4. The number of piperazine rings is 1. The number of Topliss-reactive ketones (excluding diaryl/α,β-unsaturated/α-hetero) is 1. The van der Waals surface area contributed by atoms with Crippen LogP contribution in [-0.2, 0) is 0 Å². The van der Waals surface area contributed by atoms with Gasteiger partial charge >= 0.3 is 0 Å². The summed E-state index contributed by atoms with van der Waals surface area (Å²) in [5, 5.41) is 0. The Balaban J connectivity index is 2.02. The molecule has 1 aliphatic heterocycles. The molecule has 110 valence electrons. The van der Waals surface area contributed by atoms with Gasteiger partial charge in [-0.25, -0.2) is 0 Å². The van der Waals surface area contributed by atoms with Gasteiger partial charge in [0.1, 0.15) is 5.75 Å². The molecule has 1 aromatic rings. The molecule has 20 heavy (non-hydrogen) atoms. The summed E-state index contributed by atoms with van der Waals surface area (Å²) in [6.45, 7) is 5.61. The van der Waals surface area contributed by atoms with Crippen LogP contribution in [0.2, 0.25) is 0 Å². The van der Waals surface area contributed by atoms with Crippen molar-refractivity contribution in [1.82, 2.24) is 9.80 Å². The molecule has 0 N–H and O–H groups in total. The van der Waals surface area contributed by atoms with Crippen molar-refractivity contribution in [2.45, 2.75) is 19.4 Å². The molecule has 1 aromatic carbocycles. The third kappa shape index (κ3) is 3.81. The third-order valence-corrected chi connectivity index (χ3v) is 3.87. The summed E-state index contributed by atoms with van der Waals surface area (Å²) in [6, 6.07) is 7.79. The van der Waals surface area contributed by atoms with Crippen molar-refractivity contribution in [2.24, 2.45) is 0 Å². The van der Waals surface area contributed by atoms with E-state index in [-0.39, 0.29) is 5.78 Å². The van der Waals surface area contributed by atoms with Gasteiger partial charge in [-0.1, -0.05) is 12.1 Å². The molecule has 2 rings (SSSR count). The third-order valence-electron chi connectivity index (χ3n) is 3.87. The number of benzene rings is 1. The Morgan fingerprint density at radius 3 is 2.90 bits per heavy atom. The van der Waals surface area contributed by atoms with Crippen LogP contribution in [0.15, 0.2) is 24.3 Å². The number of ketones is 1. The number of nitrogens with zero attached hydrogens (tertiary/aromatic N) is 2. The van der Waals surface area contributed by atoms with Crippen molar-refractivity contribution in [3.8, 4) is 5.75 Å². The van der Waals surface area contributed by atoms with Crippen LogP contribution in [0, 0.1) is 0 Å². The highest BCUT2D eigenvalue weighted by Crippen LogP contribution is 2.17. The highest BCUT2D eigenvalue weighted by molar-refractivity contribution is 5.96.